The Hall–Kier alpha value is -1.85. The van der Waals surface area contributed by atoms with Crippen molar-refractivity contribution in [1.29, 1.82) is 0 Å². The first-order valence-electron chi connectivity index (χ1n) is 8.68. The predicted molar refractivity (Wildman–Crippen MR) is 91.3 cm³/mol. The van der Waals surface area contributed by atoms with Crippen LogP contribution in [0.25, 0.3) is 0 Å². The van der Waals surface area contributed by atoms with Crippen molar-refractivity contribution in [3.8, 4) is 0 Å². The van der Waals surface area contributed by atoms with Gasteiger partial charge in [-0.3, -0.25) is 14.3 Å². The van der Waals surface area contributed by atoms with Gasteiger partial charge in [-0.05, 0) is 45.6 Å². The third-order valence-electron chi connectivity index (χ3n) is 4.27. The molecule has 0 aromatic carbocycles. The van der Waals surface area contributed by atoms with Crippen LogP contribution in [0.2, 0.25) is 0 Å². The van der Waals surface area contributed by atoms with E-state index in [1.54, 1.807) is 10.9 Å². The molecule has 1 aromatic rings. The molecular weight excluding hydrogens is 306 g/mol. The van der Waals surface area contributed by atoms with Crippen LogP contribution in [0.5, 0.6) is 0 Å². The number of hydrogen-bond acceptors (Lipinski definition) is 4. The zero-order valence-corrected chi connectivity index (χ0v) is 15.2. The van der Waals surface area contributed by atoms with E-state index < -0.39 is 11.1 Å². The van der Waals surface area contributed by atoms with E-state index in [9.17, 15) is 9.59 Å². The van der Waals surface area contributed by atoms with Gasteiger partial charge in [-0.1, -0.05) is 12.8 Å². The molecule has 0 saturated heterocycles. The van der Waals surface area contributed by atoms with Gasteiger partial charge >= 0.3 is 5.97 Å². The Labute approximate surface area is 143 Å². The maximum Gasteiger partial charge on any atom is 0.308 e. The third kappa shape index (κ3) is 5.65. The Morgan fingerprint density at radius 1 is 1.33 bits per heavy atom. The van der Waals surface area contributed by atoms with E-state index in [1.807, 2.05) is 34.0 Å². The summed E-state index contributed by atoms with van der Waals surface area (Å²) in [5, 5.41) is 7.23. The van der Waals surface area contributed by atoms with Crippen LogP contribution in [-0.2, 0) is 27.8 Å². The van der Waals surface area contributed by atoms with Gasteiger partial charge in [0.1, 0.15) is 5.60 Å². The van der Waals surface area contributed by atoms with Crippen LogP contribution in [0.15, 0.2) is 12.4 Å². The van der Waals surface area contributed by atoms with Crippen molar-refractivity contribution in [1.82, 2.24) is 15.1 Å². The molecule has 2 rings (SSSR count). The molecule has 1 saturated carbocycles. The highest BCUT2D eigenvalue weighted by molar-refractivity contribution is 5.79. The van der Waals surface area contributed by atoms with E-state index >= 15 is 0 Å². The normalized spacial score (nSPS) is 16.8. The summed E-state index contributed by atoms with van der Waals surface area (Å²) in [7, 11) is 1.86. The quantitative estimate of drug-likeness (QED) is 0.811. The zero-order valence-electron chi connectivity index (χ0n) is 15.2. The summed E-state index contributed by atoms with van der Waals surface area (Å²) < 4.78 is 7.17. The maximum absolute atomic E-state index is 12.4. The monoisotopic (exact) mass is 335 g/mol. The molecule has 6 heteroatoms. The number of esters is 1. The van der Waals surface area contributed by atoms with Crippen molar-refractivity contribution in [3.63, 3.8) is 0 Å². The second-order valence-corrected chi connectivity index (χ2v) is 7.82. The van der Waals surface area contributed by atoms with Crippen molar-refractivity contribution in [3.05, 3.63) is 18.0 Å². The average molecular weight is 335 g/mol. The predicted octanol–water partition coefficient (Wildman–Crippen LogP) is 2.51. The summed E-state index contributed by atoms with van der Waals surface area (Å²) in [5.74, 6) is -0.249. The van der Waals surface area contributed by atoms with Crippen LogP contribution >= 0.6 is 0 Å². The fourth-order valence-corrected chi connectivity index (χ4v) is 3.27. The number of carbonyl (C=O) groups is 2. The fraction of sp³-hybridized carbons (Fsp3) is 0.722. The van der Waals surface area contributed by atoms with E-state index in [-0.39, 0.29) is 18.3 Å². The number of nitrogens with zero attached hydrogens (tertiary/aromatic N) is 2. The number of aryl methyl sites for hydroxylation is 2. The molecule has 1 heterocycles. The standard InChI is InChI=1S/C18H29N3O3/c1-17(2,3)24-16(23)11-18(9-5-6-10-18)20-15(22)8-7-14-12-19-21(4)13-14/h12-13H,5-11H2,1-4H3,(H,20,22). The van der Waals surface area contributed by atoms with Gasteiger partial charge in [-0.15, -0.1) is 0 Å². The number of aromatic nitrogens is 2. The number of carbonyl (C=O) groups excluding carboxylic acids is 2. The van der Waals surface area contributed by atoms with Crippen molar-refractivity contribution >= 4 is 11.9 Å². The van der Waals surface area contributed by atoms with Gasteiger partial charge in [0.05, 0.1) is 18.2 Å². The van der Waals surface area contributed by atoms with E-state index in [1.165, 1.54) is 0 Å². The van der Waals surface area contributed by atoms with Gasteiger partial charge in [0, 0.05) is 19.7 Å². The van der Waals surface area contributed by atoms with Crippen LogP contribution < -0.4 is 5.32 Å². The van der Waals surface area contributed by atoms with Crippen molar-refractivity contribution < 1.29 is 14.3 Å². The molecular formula is C18H29N3O3. The van der Waals surface area contributed by atoms with Gasteiger partial charge in [0.2, 0.25) is 5.91 Å². The second-order valence-electron chi connectivity index (χ2n) is 7.82. The average Bonchev–Trinajstić information content (AvgIpc) is 3.04. The van der Waals surface area contributed by atoms with E-state index in [2.05, 4.69) is 10.4 Å². The summed E-state index contributed by atoms with van der Waals surface area (Å²) in [6.07, 6.45) is 8.75. The van der Waals surface area contributed by atoms with E-state index in [0.29, 0.717) is 12.8 Å². The molecule has 1 aliphatic rings. The van der Waals surface area contributed by atoms with Gasteiger partial charge in [-0.2, -0.15) is 5.10 Å². The smallest absolute Gasteiger partial charge is 0.308 e. The maximum atomic E-state index is 12.4. The highest BCUT2D eigenvalue weighted by Crippen LogP contribution is 2.33. The van der Waals surface area contributed by atoms with Gasteiger partial charge in [-0.25, -0.2) is 0 Å². The number of ether oxygens (including phenoxy) is 1. The lowest BCUT2D eigenvalue weighted by molar-refractivity contribution is -0.156. The highest BCUT2D eigenvalue weighted by Gasteiger charge is 2.38. The number of amides is 1. The topological polar surface area (TPSA) is 73.2 Å². The molecule has 1 N–H and O–H groups in total. The zero-order chi connectivity index (χ0) is 17.8. The minimum Gasteiger partial charge on any atom is -0.460 e. The Balaban J connectivity index is 1.89. The molecule has 0 aliphatic heterocycles. The Bertz CT molecular complexity index is 581. The lowest BCUT2D eigenvalue weighted by atomic mass is 9.92. The lowest BCUT2D eigenvalue weighted by Gasteiger charge is -2.31. The number of rotatable bonds is 6. The van der Waals surface area contributed by atoms with Crippen LogP contribution in [0.4, 0.5) is 0 Å². The molecule has 24 heavy (non-hydrogen) atoms. The van der Waals surface area contributed by atoms with Crippen LogP contribution in [0, 0.1) is 0 Å². The molecule has 1 amide bonds. The Kier molecular flexibility index (Phi) is 5.67. The first-order chi connectivity index (χ1) is 11.2. The molecule has 0 unspecified atom stereocenters. The molecule has 1 aliphatic carbocycles. The molecule has 6 nitrogen and oxygen atoms in total. The summed E-state index contributed by atoms with van der Waals surface area (Å²) in [6, 6.07) is 0. The highest BCUT2D eigenvalue weighted by atomic mass is 16.6. The molecule has 0 atom stereocenters. The number of nitrogens with one attached hydrogen (secondary N) is 1. The first-order valence-corrected chi connectivity index (χ1v) is 8.68. The van der Waals surface area contributed by atoms with Crippen molar-refractivity contribution in [2.75, 3.05) is 0 Å². The summed E-state index contributed by atoms with van der Waals surface area (Å²) >= 11 is 0. The summed E-state index contributed by atoms with van der Waals surface area (Å²) in [5.41, 5.74) is 0.107. The second kappa shape index (κ2) is 7.36. The molecule has 1 fully saturated rings. The van der Waals surface area contributed by atoms with Crippen molar-refractivity contribution in [2.24, 2.45) is 7.05 Å². The molecule has 134 valence electrons. The van der Waals surface area contributed by atoms with E-state index in [4.69, 9.17) is 4.74 Å². The SMILES string of the molecule is Cn1cc(CCC(=O)NC2(CC(=O)OC(C)(C)C)CCCC2)cn1. The van der Waals surface area contributed by atoms with Crippen LogP contribution in [-0.4, -0.2) is 32.8 Å². The minimum absolute atomic E-state index is 0.00990. The Morgan fingerprint density at radius 2 is 2.00 bits per heavy atom. The van der Waals surface area contributed by atoms with Gasteiger partial charge < -0.3 is 10.1 Å². The summed E-state index contributed by atoms with van der Waals surface area (Å²) in [4.78, 5) is 24.6. The molecule has 0 bridgehead atoms. The minimum atomic E-state index is -0.499. The fourth-order valence-electron chi connectivity index (χ4n) is 3.27. The molecule has 0 radical (unpaired) electrons. The van der Waals surface area contributed by atoms with Crippen molar-refractivity contribution in [2.45, 2.75) is 76.9 Å². The van der Waals surface area contributed by atoms with Gasteiger partial charge in [0.15, 0.2) is 0 Å². The molecule has 0 spiro atoms. The number of hydrogen-bond donors (Lipinski definition) is 1. The third-order valence-corrected chi connectivity index (χ3v) is 4.27. The van der Waals surface area contributed by atoms with E-state index in [0.717, 1.165) is 31.2 Å². The van der Waals surface area contributed by atoms with Crippen LogP contribution in [0.3, 0.4) is 0 Å². The largest absolute Gasteiger partial charge is 0.460 e. The van der Waals surface area contributed by atoms with Gasteiger partial charge in [0.25, 0.3) is 0 Å². The first kappa shape index (κ1) is 18.5. The Morgan fingerprint density at radius 3 is 2.54 bits per heavy atom. The van der Waals surface area contributed by atoms with Crippen LogP contribution in [0.1, 0.15) is 64.9 Å². The molecule has 1 aromatic heterocycles. The summed E-state index contributed by atoms with van der Waals surface area (Å²) in [6.45, 7) is 5.58. The lowest BCUT2D eigenvalue weighted by Crippen LogP contribution is -2.48.